The van der Waals surface area contributed by atoms with Crippen molar-refractivity contribution in [1.82, 2.24) is 19.1 Å². The normalized spacial score (nSPS) is 16.1. The Balaban J connectivity index is 1.67. The summed E-state index contributed by atoms with van der Waals surface area (Å²) in [6, 6.07) is 7.03. The number of ether oxygens (including phenoxy) is 1. The van der Waals surface area contributed by atoms with Crippen LogP contribution >= 0.6 is 11.6 Å². The lowest BCUT2D eigenvalue weighted by molar-refractivity contribution is 0.0936. The summed E-state index contributed by atoms with van der Waals surface area (Å²) in [6.07, 6.45) is 1.10. The Morgan fingerprint density at radius 2 is 2.00 bits per heavy atom. The molecule has 9 nitrogen and oxygen atoms in total. The van der Waals surface area contributed by atoms with Gasteiger partial charge < -0.3 is 19.3 Å². The van der Waals surface area contributed by atoms with Gasteiger partial charge in [0.25, 0.3) is 5.56 Å². The highest BCUT2D eigenvalue weighted by Crippen LogP contribution is 2.26. The number of halogens is 1. The van der Waals surface area contributed by atoms with E-state index in [9.17, 15) is 14.7 Å². The average Bonchev–Trinajstić information content (AvgIpc) is 3.12. The zero-order valence-corrected chi connectivity index (χ0v) is 18.3. The van der Waals surface area contributed by atoms with E-state index in [1.54, 1.807) is 35.9 Å². The second-order valence-electron chi connectivity index (χ2n) is 8.08. The SMILES string of the molecule is CC1CCN(c2nc3c(c(=O)[nH]c(=O)n3C)n2C[C@@H](O)COc2ccccc2Cl)CC1. The maximum atomic E-state index is 12.6. The molecule has 1 aliphatic heterocycles. The van der Waals surface area contributed by atoms with E-state index >= 15 is 0 Å². The number of hydrogen-bond acceptors (Lipinski definition) is 6. The van der Waals surface area contributed by atoms with Crippen molar-refractivity contribution in [2.75, 3.05) is 24.6 Å². The second-order valence-corrected chi connectivity index (χ2v) is 8.48. The van der Waals surface area contributed by atoms with E-state index in [2.05, 4.69) is 21.8 Å². The van der Waals surface area contributed by atoms with Gasteiger partial charge in [-0.25, -0.2) is 4.79 Å². The number of rotatable bonds is 6. The van der Waals surface area contributed by atoms with Gasteiger partial charge in [0.05, 0.1) is 11.6 Å². The summed E-state index contributed by atoms with van der Waals surface area (Å²) in [5.41, 5.74) is -0.501. The van der Waals surface area contributed by atoms with Crippen LogP contribution < -0.4 is 20.9 Å². The number of nitrogens with one attached hydrogen (secondary N) is 1. The van der Waals surface area contributed by atoms with Crippen LogP contribution in [0.25, 0.3) is 11.2 Å². The number of nitrogens with zero attached hydrogens (tertiary/aromatic N) is 4. The Bertz CT molecular complexity index is 1190. The maximum absolute atomic E-state index is 12.6. The lowest BCUT2D eigenvalue weighted by atomic mass is 10.00. The monoisotopic (exact) mass is 447 g/mol. The number of aromatic nitrogens is 4. The molecular weight excluding hydrogens is 422 g/mol. The minimum atomic E-state index is -0.923. The number of aliphatic hydroxyl groups excluding tert-OH is 1. The van der Waals surface area contributed by atoms with Gasteiger partial charge in [-0.2, -0.15) is 4.98 Å². The summed E-state index contributed by atoms with van der Waals surface area (Å²) in [4.78, 5) is 33.8. The minimum Gasteiger partial charge on any atom is -0.489 e. The fourth-order valence-corrected chi connectivity index (χ4v) is 4.05. The molecule has 0 amide bonds. The molecule has 0 radical (unpaired) electrons. The van der Waals surface area contributed by atoms with Crippen molar-refractivity contribution < 1.29 is 9.84 Å². The molecule has 0 saturated carbocycles. The number of aliphatic hydroxyl groups is 1. The van der Waals surface area contributed by atoms with Crippen LogP contribution in [-0.2, 0) is 13.6 Å². The van der Waals surface area contributed by atoms with E-state index in [0.29, 0.717) is 28.3 Å². The van der Waals surface area contributed by atoms with Crippen molar-refractivity contribution >= 4 is 28.7 Å². The minimum absolute atomic E-state index is 0.0104. The van der Waals surface area contributed by atoms with Crippen LogP contribution in [0.4, 0.5) is 5.95 Å². The number of anilines is 1. The van der Waals surface area contributed by atoms with Crippen molar-refractivity contribution in [2.45, 2.75) is 32.4 Å². The first-order chi connectivity index (χ1) is 14.8. The van der Waals surface area contributed by atoms with E-state index in [0.717, 1.165) is 25.9 Å². The zero-order chi connectivity index (χ0) is 22.1. The Morgan fingerprint density at radius 3 is 2.71 bits per heavy atom. The fourth-order valence-electron chi connectivity index (χ4n) is 3.86. The van der Waals surface area contributed by atoms with Crippen molar-refractivity contribution in [3.05, 3.63) is 50.1 Å². The van der Waals surface area contributed by atoms with Crippen molar-refractivity contribution in [3.8, 4) is 5.75 Å². The highest BCUT2D eigenvalue weighted by Gasteiger charge is 2.25. The number of piperidine rings is 1. The van der Waals surface area contributed by atoms with Crippen molar-refractivity contribution in [3.63, 3.8) is 0 Å². The molecule has 2 N–H and O–H groups in total. The number of hydrogen-bond donors (Lipinski definition) is 2. The fraction of sp³-hybridized carbons (Fsp3) is 0.476. The summed E-state index contributed by atoms with van der Waals surface area (Å²) in [7, 11) is 1.57. The summed E-state index contributed by atoms with van der Waals surface area (Å²) in [6.45, 7) is 3.88. The molecule has 1 fully saturated rings. The molecule has 3 heterocycles. The third-order valence-electron chi connectivity index (χ3n) is 5.71. The third kappa shape index (κ3) is 4.33. The van der Waals surface area contributed by atoms with E-state index < -0.39 is 17.4 Å². The van der Waals surface area contributed by atoms with Gasteiger partial charge in [0, 0.05) is 20.1 Å². The van der Waals surface area contributed by atoms with Crippen molar-refractivity contribution in [1.29, 1.82) is 0 Å². The molecule has 1 saturated heterocycles. The molecule has 4 rings (SSSR count). The molecule has 10 heteroatoms. The highest BCUT2D eigenvalue weighted by atomic mass is 35.5. The largest absolute Gasteiger partial charge is 0.489 e. The molecule has 166 valence electrons. The number of benzene rings is 1. The summed E-state index contributed by atoms with van der Waals surface area (Å²) < 4.78 is 8.66. The third-order valence-corrected chi connectivity index (χ3v) is 6.03. The van der Waals surface area contributed by atoms with E-state index in [1.807, 2.05) is 0 Å². The number of imidazole rings is 1. The van der Waals surface area contributed by atoms with Crippen LogP contribution in [0, 0.1) is 5.92 Å². The lowest BCUT2D eigenvalue weighted by Gasteiger charge is -2.31. The van der Waals surface area contributed by atoms with E-state index in [1.165, 1.54) is 4.57 Å². The van der Waals surface area contributed by atoms with E-state index in [-0.39, 0.29) is 18.7 Å². The zero-order valence-electron chi connectivity index (χ0n) is 17.5. The van der Waals surface area contributed by atoms with Gasteiger partial charge in [0.15, 0.2) is 11.2 Å². The Hall–Kier alpha value is -2.78. The van der Waals surface area contributed by atoms with Crippen LogP contribution in [0.2, 0.25) is 5.02 Å². The number of fused-ring (bicyclic) bond motifs is 1. The number of aromatic amines is 1. The van der Waals surface area contributed by atoms with Crippen LogP contribution in [0.5, 0.6) is 5.75 Å². The predicted molar refractivity (Wildman–Crippen MR) is 119 cm³/mol. The Labute approximate surface area is 183 Å². The molecule has 0 bridgehead atoms. The first kappa shape index (κ1) is 21.5. The van der Waals surface area contributed by atoms with Crippen LogP contribution in [0.15, 0.2) is 33.9 Å². The average molecular weight is 448 g/mol. The van der Waals surface area contributed by atoms with Crippen molar-refractivity contribution in [2.24, 2.45) is 13.0 Å². The Kier molecular flexibility index (Phi) is 6.06. The smallest absolute Gasteiger partial charge is 0.329 e. The molecule has 0 unspecified atom stereocenters. The van der Waals surface area contributed by atoms with Gasteiger partial charge in [-0.1, -0.05) is 30.7 Å². The summed E-state index contributed by atoms with van der Waals surface area (Å²) in [5.74, 6) is 1.67. The highest BCUT2D eigenvalue weighted by molar-refractivity contribution is 6.32. The van der Waals surface area contributed by atoms with Gasteiger partial charge in [-0.15, -0.1) is 0 Å². The molecule has 0 spiro atoms. The lowest BCUT2D eigenvalue weighted by Crippen LogP contribution is -2.36. The number of para-hydroxylation sites is 1. The number of aryl methyl sites for hydroxylation is 1. The molecule has 0 aliphatic carbocycles. The number of H-pyrrole nitrogens is 1. The topological polar surface area (TPSA) is 105 Å². The Morgan fingerprint density at radius 1 is 1.29 bits per heavy atom. The quantitative estimate of drug-likeness (QED) is 0.596. The molecule has 1 aromatic carbocycles. The van der Waals surface area contributed by atoms with Crippen LogP contribution in [0.3, 0.4) is 0 Å². The summed E-state index contributed by atoms with van der Waals surface area (Å²) >= 11 is 6.11. The molecule has 1 aliphatic rings. The maximum Gasteiger partial charge on any atom is 0.329 e. The van der Waals surface area contributed by atoms with Gasteiger partial charge in [0.1, 0.15) is 18.5 Å². The first-order valence-corrected chi connectivity index (χ1v) is 10.7. The van der Waals surface area contributed by atoms with Crippen LogP contribution in [0.1, 0.15) is 19.8 Å². The first-order valence-electron chi connectivity index (χ1n) is 10.3. The summed E-state index contributed by atoms with van der Waals surface area (Å²) in [5, 5.41) is 11.2. The predicted octanol–water partition coefficient (Wildman–Crippen LogP) is 1.75. The second kappa shape index (κ2) is 8.76. The van der Waals surface area contributed by atoms with Crippen LogP contribution in [-0.4, -0.2) is 50.0 Å². The van der Waals surface area contributed by atoms with E-state index in [4.69, 9.17) is 16.3 Å². The standard InChI is InChI=1S/C21H26ClN5O4/c1-13-7-9-26(10-8-13)20-23-18-17(19(29)24-21(30)25(18)2)27(20)11-14(28)12-31-16-6-4-3-5-15(16)22/h3-6,13-14,28H,7-12H2,1-2H3,(H,24,29,30)/t14-/m1/s1. The van der Waals surface area contributed by atoms with Gasteiger partial charge in [-0.3, -0.25) is 14.3 Å². The molecule has 3 aromatic rings. The molecule has 31 heavy (non-hydrogen) atoms. The van der Waals surface area contributed by atoms with Gasteiger partial charge in [-0.05, 0) is 30.9 Å². The molecular formula is C21H26ClN5O4. The van der Waals surface area contributed by atoms with Gasteiger partial charge in [0.2, 0.25) is 5.95 Å². The van der Waals surface area contributed by atoms with Gasteiger partial charge >= 0.3 is 5.69 Å². The molecule has 1 atom stereocenters. The molecule has 2 aromatic heterocycles.